The molecule has 0 saturated carbocycles. The van der Waals surface area contributed by atoms with Crippen LogP contribution in [0.15, 0.2) is 88.0 Å². The molecule has 0 aliphatic rings. The molecule has 0 aliphatic heterocycles. The van der Waals surface area contributed by atoms with Crippen LogP contribution in [-0.2, 0) is 26.2 Å². The number of hydrogen-bond donors (Lipinski definition) is 2. The molecule has 3 aromatic carbocycles. The molecule has 4 rings (SSSR count). The summed E-state index contributed by atoms with van der Waals surface area (Å²) in [6.07, 6.45) is -4.75. The number of thiophene rings is 1. The molecule has 2 N–H and O–H groups in total. The monoisotopic (exact) mass is 614 g/mol. The van der Waals surface area contributed by atoms with Crippen molar-refractivity contribution < 1.29 is 30.0 Å². The van der Waals surface area contributed by atoms with Crippen molar-refractivity contribution in [2.24, 2.45) is 0 Å². The van der Waals surface area contributed by atoms with Crippen molar-refractivity contribution >= 4 is 54.4 Å². The van der Waals surface area contributed by atoms with Crippen LogP contribution in [0.1, 0.15) is 30.9 Å². The van der Waals surface area contributed by atoms with Crippen LogP contribution in [0.2, 0.25) is 4.34 Å². The maximum Gasteiger partial charge on any atom is 0.416 e. The largest absolute Gasteiger partial charge is 0.416 e. The fraction of sp³-hybridized carbons (Fsp3) is 0.154. The summed E-state index contributed by atoms with van der Waals surface area (Å²) in [6.45, 7) is 4.03. The second kappa shape index (κ2) is 10.8. The highest BCUT2D eigenvalue weighted by atomic mass is 35.5. The van der Waals surface area contributed by atoms with Crippen molar-refractivity contribution in [3.8, 4) is 11.1 Å². The lowest BCUT2D eigenvalue weighted by atomic mass is 9.97. The van der Waals surface area contributed by atoms with Crippen LogP contribution in [0.5, 0.6) is 0 Å². The Kier molecular flexibility index (Phi) is 8.04. The van der Waals surface area contributed by atoms with Gasteiger partial charge in [0.2, 0.25) is 0 Å². The predicted molar refractivity (Wildman–Crippen MR) is 148 cm³/mol. The van der Waals surface area contributed by atoms with Gasteiger partial charge in [-0.15, -0.1) is 11.3 Å². The summed E-state index contributed by atoms with van der Waals surface area (Å²) in [6, 6.07) is 17.9. The standard InChI is InChI=1S/C26H22ClF3N2O4S3/c1-16(2)17-5-3-6-18(13-17)19-9-10-22(31-39(35,36)25-12-11-24(27)37-25)23(14-19)32-38(33,34)21-8-4-7-20(15-21)26(28,29)30/h3-16,31-32H,1-2H3. The number of rotatable bonds is 8. The topological polar surface area (TPSA) is 92.3 Å². The number of nitrogens with one attached hydrogen (secondary N) is 2. The number of alkyl halides is 3. The molecule has 4 aromatic rings. The lowest BCUT2D eigenvalue weighted by molar-refractivity contribution is -0.137. The highest BCUT2D eigenvalue weighted by Crippen LogP contribution is 2.36. The van der Waals surface area contributed by atoms with E-state index in [1.54, 1.807) is 6.07 Å². The molecule has 39 heavy (non-hydrogen) atoms. The van der Waals surface area contributed by atoms with E-state index in [9.17, 15) is 30.0 Å². The zero-order valence-corrected chi connectivity index (χ0v) is 23.7. The second-order valence-electron chi connectivity index (χ2n) is 8.84. The van der Waals surface area contributed by atoms with Crippen LogP contribution in [-0.4, -0.2) is 16.8 Å². The average Bonchev–Trinajstić information content (AvgIpc) is 3.32. The van der Waals surface area contributed by atoms with Gasteiger partial charge in [-0.05, 0) is 65.1 Å². The van der Waals surface area contributed by atoms with Gasteiger partial charge < -0.3 is 0 Å². The molecule has 0 spiro atoms. The minimum Gasteiger partial charge on any atom is -0.277 e. The molecule has 1 aromatic heterocycles. The van der Waals surface area contributed by atoms with Gasteiger partial charge >= 0.3 is 6.18 Å². The molecule has 6 nitrogen and oxygen atoms in total. The smallest absolute Gasteiger partial charge is 0.277 e. The van der Waals surface area contributed by atoms with Crippen LogP contribution >= 0.6 is 22.9 Å². The van der Waals surface area contributed by atoms with E-state index < -0.39 is 36.7 Å². The summed E-state index contributed by atoms with van der Waals surface area (Å²) in [7, 11) is -8.71. The zero-order chi connectivity index (χ0) is 28.6. The summed E-state index contributed by atoms with van der Waals surface area (Å²) < 4.78 is 96.8. The fourth-order valence-corrected chi connectivity index (χ4v) is 7.33. The lowest BCUT2D eigenvalue weighted by Crippen LogP contribution is -2.18. The molecule has 0 amide bonds. The molecule has 0 radical (unpaired) electrons. The van der Waals surface area contributed by atoms with E-state index in [0.717, 1.165) is 40.7 Å². The number of anilines is 2. The van der Waals surface area contributed by atoms with Gasteiger partial charge in [0.25, 0.3) is 20.0 Å². The van der Waals surface area contributed by atoms with Gasteiger partial charge in [-0.3, -0.25) is 9.44 Å². The van der Waals surface area contributed by atoms with E-state index in [2.05, 4.69) is 9.44 Å². The third-order valence-corrected chi connectivity index (χ3v) is 10.1. The van der Waals surface area contributed by atoms with E-state index in [4.69, 9.17) is 11.6 Å². The van der Waals surface area contributed by atoms with E-state index in [-0.39, 0.29) is 25.8 Å². The normalized spacial score (nSPS) is 12.5. The van der Waals surface area contributed by atoms with Crippen molar-refractivity contribution in [2.45, 2.75) is 35.0 Å². The maximum absolute atomic E-state index is 13.2. The number of sulfonamides is 2. The first-order valence-corrected chi connectivity index (χ1v) is 15.5. The Morgan fingerprint density at radius 3 is 2.08 bits per heavy atom. The summed E-state index contributed by atoms with van der Waals surface area (Å²) >= 11 is 6.69. The first kappa shape index (κ1) is 28.9. The molecular weight excluding hydrogens is 593 g/mol. The quantitative estimate of drug-likeness (QED) is 0.212. The highest BCUT2D eigenvalue weighted by molar-refractivity contribution is 7.94. The Hall–Kier alpha value is -3.06. The van der Waals surface area contributed by atoms with Gasteiger partial charge in [-0.2, -0.15) is 13.2 Å². The molecule has 0 aliphatic carbocycles. The number of hydrogen-bond acceptors (Lipinski definition) is 5. The Labute approximate surface area is 233 Å². The van der Waals surface area contributed by atoms with Crippen LogP contribution in [0.4, 0.5) is 24.5 Å². The molecular formula is C26H22ClF3N2O4S3. The lowest BCUT2D eigenvalue weighted by Gasteiger charge is -2.17. The minimum absolute atomic E-state index is 0.104. The molecule has 0 bridgehead atoms. The van der Waals surface area contributed by atoms with Crippen molar-refractivity contribution in [3.63, 3.8) is 0 Å². The average molecular weight is 615 g/mol. The number of halogens is 4. The van der Waals surface area contributed by atoms with Gasteiger partial charge in [0.05, 0.1) is 26.2 Å². The Bertz CT molecular complexity index is 1740. The summed E-state index contributed by atoms with van der Waals surface area (Å²) in [5, 5.41) is 0. The summed E-state index contributed by atoms with van der Waals surface area (Å²) in [4.78, 5) is -0.636. The second-order valence-corrected chi connectivity index (χ2v) is 14.1. The van der Waals surface area contributed by atoms with Crippen molar-refractivity contribution in [2.75, 3.05) is 9.44 Å². The van der Waals surface area contributed by atoms with Gasteiger partial charge in [0, 0.05) is 0 Å². The zero-order valence-electron chi connectivity index (χ0n) is 20.5. The number of benzene rings is 3. The third kappa shape index (κ3) is 6.75. The SMILES string of the molecule is CC(C)c1cccc(-c2ccc(NS(=O)(=O)c3ccc(Cl)s3)c(NS(=O)(=O)c3cccc(C(F)(F)F)c3)c2)c1. The van der Waals surface area contributed by atoms with Crippen LogP contribution in [0, 0.1) is 0 Å². The van der Waals surface area contributed by atoms with Crippen LogP contribution in [0.3, 0.4) is 0 Å². The Morgan fingerprint density at radius 1 is 0.769 bits per heavy atom. The van der Waals surface area contributed by atoms with Gasteiger partial charge in [-0.1, -0.05) is 61.8 Å². The van der Waals surface area contributed by atoms with Gasteiger partial charge in [0.15, 0.2) is 0 Å². The minimum atomic E-state index is -4.75. The van der Waals surface area contributed by atoms with Crippen molar-refractivity contribution in [1.82, 2.24) is 0 Å². The molecule has 0 fully saturated rings. The van der Waals surface area contributed by atoms with E-state index >= 15 is 0 Å². The summed E-state index contributed by atoms with van der Waals surface area (Å²) in [5.74, 6) is 0.215. The first-order valence-electron chi connectivity index (χ1n) is 11.4. The summed E-state index contributed by atoms with van der Waals surface area (Å²) in [5.41, 5.74) is 0.879. The van der Waals surface area contributed by atoms with Gasteiger partial charge in [0.1, 0.15) is 4.21 Å². The maximum atomic E-state index is 13.2. The molecule has 1 heterocycles. The van der Waals surface area contributed by atoms with Crippen LogP contribution in [0.25, 0.3) is 11.1 Å². The van der Waals surface area contributed by atoms with E-state index in [1.807, 2.05) is 38.1 Å². The van der Waals surface area contributed by atoms with Gasteiger partial charge in [-0.25, -0.2) is 16.8 Å². The van der Waals surface area contributed by atoms with E-state index in [0.29, 0.717) is 11.6 Å². The molecule has 206 valence electrons. The fourth-order valence-electron chi connectivity index (χ4n) is 3.66. The Balaban J connectivity index is 1.80. The first-order chi connectivity index (χ1) is 18.2. The van der Waals surface area contributed by atoms with Crippen molar-refractivity contribution in [3.05, 3.63) is 94.3 Å². The van der Waals surface area contributed by atoms with Crippen molar-refractivity contribution in [1.29, 1.82) is 0 Å². The third-order valence-electron chi connectivity index (χ3n) is 5.68. The van der Waals surface area contributed by atoms with Crippen LogP contribution < -0.4 is 9.44 Å². The molecule has 0 unspecified atom stereocenters. The van der Waals surface area contributed by atoms with E-state index in [1.165, 1.54) is 24.3 Å². The predicted octanol–water partition coefficient (Wildman–Crippen LogP) is 7.81. The highest BCUT2D eigenvalue weighted by Gasteiger charge is 2.32. The Morgan fingerprint density at radius 2 is 1.44 bits per heavy atom. The molecule has 13 heteroatoms. The molecule has 0 atom stereocenters. The molecule has 0 saturated heterocycles.